The average Bonchev–Trinajstić information content (AvgIpc) is 2.25. The van der Waals surface area contributed by atoms with Gasteiger partial charge in [0.05, 0.1) is 87.9 Å². The lowest BCUT2D eigenvalue weighted by Gasteiger charge is -2.35. The molecule has 2 fully saturated rings. The molecule has 0 spiro atoms. The van der Waals surface area contributed by atoms with Crippen LogP contribution in [0.2, 0.25) is 15.1 Å². The third-order valence-corrected chi connectivity index (χ3v) is 17.8. The smallest absolute Gasteiger partial charge is 0.219 e. The van der Waals surface area contributed by atoms with Gasteiger partial charge in [-0.2, -0.15) is 0 Å². The quantitative estimate of drug-likeness (QED) is 0.0943. The summed E-state index contributed by atoms with van der Waals surface area (Å²) in [5, 5.41) is 6.08. The second-order valence-electron chi connectivity index (χ2n) is 22.1. The summed E-state index contributed by atoms with van der Waals surface area (Å²) in [6, 6.07) is 53.0. The predicted octanol–water partition coefficient (Wildman–Crippen LogP) is 14.2. The zero-order valence-corrected chi connectivity index (χ0v) is 52.6. The molecule has 3 unspecified atom stereocenters. The topological polar surface area (TPSA) is 162 Å². The fraction of sp³-hybridized carbons (Fsp3) is 0.235. The Hall–Kier alpha value is -8.59. The van der Waals surface area contributed by atoms with Crippen LogP contribution in [-0.4, -0.2) is 125 Å². The first-order chi connectivity index (χ1) is 43.3. The Labute approximate surface area is 535 Å². The molecule has 2 N–H and O–H groups in total. The van der Waals surface area contributed by atoms with E-state index in [0.717, 1.165) is 92.2 Å². The number of ether oxygens (including phenoxy) is 3. The first-order valence-corrected chi connectivity index (χ1v) is 31.2. The Morgan fingerprint density at radius 2 is 1.51 bits per heavy atom. The predicted molar refractivity (Wildman–Crippen MR) is 355 cm³/mol. The van der Waals surface area contributed by atoms with Crippen molar-refractivity contribution in [2.75, 3.05) is 63.7 Å². The van der Waals surface area contributed by atoms with Crippen LogP contribution in [0.15, 0.2) is 208 Å². The number of nitrogens with one attached hydrogen (secondary N) is 2. The second-order valence-corrected chi connectivity index (χ2v) is 24.4. The number of para-hydroxylation sites is 3. The molecule has 1 amide bonds. The van der Waals surface area contributed by atoms with Crippen LogP contribution >= 0.6 is 46.1 Å². The van der Waals surface area contributed by atoms with E-state index in [1.807, 2.05) is 132 Å². The molecule has 2 aliphatic heterocycles. The Bertz CT molecular complexity index is 4250. The Morgan fingerprint density at radius 1 is 0.764 bits per heavy atom. The van der Waals surface area contributed by atoms with Crippen molar-refractivity contribution in [1.82, 2.24) is 53.4 Å². The van der Waals surface area contributed by atoms with E-state index in [0.29, 0.717) is 41.4 Å². The van der Waals surface area contributed by atoms with Gasteiger partial charge in [-0.05, 0) is 135 Å². The first kappa shape index (κ1) is 60.7. The SMILES string of the molecule is CC(=O)N1CCN(c2ccc(OC[C@@H]3CO[C@@](Cn4ccnc4)(c4ccc(Cl)cc4Cl)O3)cc2)CC1.CC(C(c1ccc(Nc2nc3ccccc3s2)cc1)n1ccnc1)N(C)C.Clc1cccc(C(c2ccc3nc[nH]c3c2)n2cnc3ccccc32)c1. The molecule has 5 atom stereocenters. The van der Waals surface area contributed by atoms with Gasteiger partial charge in [0.2, 0.25) is 11.7 Å². The number of benzene rings is 7. The highest BCUT2D eigenvalue weighted by Crippen LogP contribution is 2.41. The van der Waals surface area contributed by atoms with E-state index in [9.17, 15) is 4.79 Å². The first-order valence-electron chi connectivity index (χ1n) is 29.3. The van der Waals surface area contributed by atoms with Crippen molar-refractivity contribution in [3.8, 4) is 5.75 Å². The maximum absolute atomic E-state index is 11.6. The third-order valence-electron chi connectivity index (χ3n) is 16.1. The van der Waals surface area contributed by atoms with E-state index in [1.54, 1.807) is 49.2 Å². The van der Waals surface area contributed by atoms with Gasteiger partial charge in [-0.25, -0.2) is 24.9 Å². The van der Waals surface area contributed by atoms with Gasteiger partial charge in [0.25, 0.3) is 0 Å². The number of carbonyl (C=O) groups is 1. The monoisotopic (exact) mass is 1270 g/mol. The van der Waals surface area contributed by atoms with Gasteiger partial charge in [0.15, 0.2) is 5.13 Å². The summed E-state index contributed by atoms with van der Waals surface area (Å²) >= 11 is 20.6. The molecule has 17 nitrogen and oxygen atoms in total. The van der Waals surface area contributed by atoms with Crippen LogP contribution in [0.5, 0.6) is 5.75 Å². The summed E-state index contributed by atoms with van der Waals surface area (Å²) in [6.07, 6.45) is 14.3. The molecule has 0 saturated carbocycles. The molecule has 7 heterocycles. The normalized spacial score (nSPS) is 16.8. The number of rotatable bonds is 16. The number of anilines is 3. The molecule has 14 rings (SSSR count). The maximum atomic E-state index is 11.6. The molecule has 21 heteroatoms. The lowest BCUT2D eigenvalue weighted by molar-refractivity contribution is -0.189. The maximum Gasteiger partial charge on any atom is 0.219 e. The molecule has 5 aromatic heterocycles. The summed E-state index contributed by atoms with van der Waals surface area (Å²) in [5.41, 5.74) is 11.4. The number of piperazine rings is 1. The Balaban J connectivity index is 0.000000132. The molecule has 2 aliphatic rings. The molecule has 12 aromatic rings. The van der Waals surface area contributed by atoms with Crippen molar-refractivity contribution in [2.45, 2.75) is 50.4 Å². The zero-order valence-electron chi connectivity index (χ0n) is 49.5. The molecule has 2 saturated heterocycles. The number of aromatic nitrogens is 9. The number of hydrogen-bond acceptors (Lipinski definition) is 13. The number of thiazole rings is 1. The van der Waals surface area contributed by atoms with Crippen LogP contribution < -0.4 is 15.0 Å². The molecular weight excluding hydrogens is 1200 g/mol. The Kier molecular flexibility index (Phi) is 18.7. The van der Waals surface area contributed by atoms with Crippen LogP contribution in [0.25, 0.3) is 32.3 Å². The van der Waals surface area contributed by atoms with Gasteiger partial charge in [-0.15, -0.1) is 0 Å². The molecular formula is C68H66Cl3N13O4S. The number of hydrogen-bond donors (Lipinski definition) is 2. The number of halogens is 3. The molecule has 0 aliphatic carbocycles. The van der Waals surface area contributed by atoms with Gasteiger partial charge < -0.3 is 52.9 Å². The molecule has 454 valence electrons. The summed E-state index contributed by atoms with van der Waals surface area (Å²) in [5.74, 6) is -0.201. The summed E-state index contributed by atoms with van der Waals surface area (Å²) in [7, 11) is 4.22. The van der Waals surface area contributed by atoms with Gasteiger partial charge in [-0.3, -0.25) is 4.79 Å². The highest BCUT2D eigenvalue weighted by Gasteiger charge is 2.45. The molecule has 0 radical (unpaired) electrons. The minimum Gasteiger partial charge on any atom is -0.491 e. The Morgan fingerprint density at radius 3 is 2.24 bits per heavy atom. The lowest BCUT2D eigenvalue weighted by atomic mass is 9.97. The van der Waals surface area contributed by atoms with Gasteiger partial charge in [-0.1, -0.05) is 107 Å². The van der Waals surface area contributed by atoms with E-state index in [4.69, 9.17) is 49.0 Å². The third kappa shape index (κ3) is 14.1. The van der Waals surface area contributed by atoms with Crippen molar-refractivity contribution in [1.29, 1.82) is 0 Å². The van der Waals surface area contributed by atoms with E-state index < -0.39 is 5.79 Å². The fourth-order valence-corrected chi connectivity index (χ4v) is 13.0. The highest BCUT2D eigenvalue weighted by atomic mass is 35.5. The minimum absolute atomic E-state index is 0.0335. The number of fused-ring (bicyclic) bond motifs is 3. The summed E-state index contributed by atoms with van der Waals surface area (Å²) in [4.78, 5) is 43.0. The number of aromatic amines is 1. The second kappa shape index (κ2) is 27.4. The average molecular weight is 1270 g/mol. The number of amides is 1. The van der Waals surface area contributed by atoms with Crippen LogP contribution in [0, 0.1) is 0 Å². The molecule has 89 heavy (non-hydrogen) atoms. The summed E-state index contributed by atoms with van der Waals surface area (Å²) < 4.78 is 26.2. The number of carbonyl (C=O) groups excluding carboxylic acids is 1. The van der Waals surface area contributed by atoms with Gasteiger partial charge in [0.1, 0.15) is 18.5 Å². The largest absolute Gasteiger partial charge is 0.491 e. The number of nitrogens with zero attached hydrogens (tertiary/aromatic N) is 11. The number of likely N-dealkylation sites (N-methyl/N-ethyl adjacent to an activating group) is 1. The van der Waals surface area contributed by atoms with Crippen molar-refractivity contribution < 1.29 is 19.0 Å². The van der Waals surface area contributed by atoms with Crippen LogP contribution in [0.4, 0.5) is 16.5 Å². The zero-order chi connectivity index (χ0) is 61.4. The van der Waals surface area contributed by atoms with Crippen molar-refractivity contribution in [3.63, 3.8) is 0 Å². The van der Waals surface area contributed by atoms with Crippen LogP contribution in [0.3, 0.4) is 0 Å². The fourth-order valence-electron chi connectivity index (χ4n) is 11.3. The van der Waals surface area contributed by atoms with E-state index in [-0.39, 0.29) is 24.1 Å². The lowest BCUT2D eigenvalue weighted by Crippen LogP contribution is -2.48. The van der Waals surface area contributed by atoms with E-state index >= 15 is 0 Å². The summed E-state index contributed by atoms with van der Waals surface area (Å²) in [6.45, 7) is 8.04. The molecule has 7 aromatic carbocycles. The number of H-pyrrole nitrogens is 1. The molecule has 0 bridgehead atoms. The van der Waals surface area contributed by atoms with Gasteiger partial charge >= 0.3 is 0 Å². The van der Waals surface area contributed by atoms with Crippen LogP contribution in [-0.2, 0) is 26.6 Å². The van der Waals surface area contributed by atoms with Crippen molar-refractivity contribution in [3.05, 3.63) is 245 Å². The van der Waals surface area contributed by atoms with Crippen molar-refractivity contribution >= 4 is 101 Å². The minimum atomic E-state index is -1.08. The van der Waals surface area contributed by atoms with Crippen molar-refractivity contribution in [2.24, 2.45) is 0 Å². The number of imidazole rings is 4. The van der Waals surface area contributed by atoms with E-state index in [1.165, 1.54) is 10.3 Å². The highest BCUT2D eigenvalue weighted by molar-refractivity contribution is 7.22. The van der Waals surface area contributed by atoms with Gasteiger partial charge in [0, 0.05) is 90.9 Å². The standard InChI is InChI=1S/C26H28Cl2N4O4.C21H15ClN4.C21H23N5S/c1-19(33)31-10-12-32(13-11-31)21-3-5-22(6-4-21)34-15-23-16-35-26(36-23,17-30-9-8-29-18-30)24-7-2-20(27)14-25(24)28;22-16-5-3-4-14(10-16)21(15-8-9-17-19(11-15)24-12-23-17)26-13-25-18-6-1-2-7-20(18)26;1-15(25(2)3)20(26-13-12-22-14-26)16-8-10-17(11-9-16)23-21-24-18-6-4-5-7-19(18)27-21/h2-9,14,18,23H,10-13,15-17H2,1H3;1-13,21H,(H,23,24);4-15,20H,1-3H3,(H,23,24)/t23-,26-;;/m1../s1. The van der Waals surface area contributed by atoms with E-state index in [2.05, 4.69) is 130 Å². The van der Waals surface area contributed by atoms with Crippen LogP contribution in [0.1, 0.15) is 48.2 Å².